The van der Waals surface area contributed by atoms with Gasteiger partial charge >= 0.3 is 11.6 Å². The van der Waals surface area contributed by atoms with E-state index in [1.54, 1.807) is 18.2 Å². The molecular formula is C11H15N3O4. The number of hydrogen-bond acceptors (Lipinski definition) is 6. The Morgan fingerprint density at radius 3 is 2.50 bits per heavy atom. The van der Waals surface area contributed by atoms with E-state index in [2.05, 4.69) is 0 Å². The van der Waals surface area contributed by atoms with E-state index in [0.29, 0.717) is 0 Å². The van der Waals surface area contributed by atoms with Crippen molar-refractivity contribution in [3.8, 4) is 5.75 Å². The SMILES string of the molecule is NCCC[C@@](N)(C(=O)Oc1ccccc1)[N+](=O)[O-]. The first-order chi connectivity index (χ1) is 8.50. The summed E-state index contributed by atoms with van der Waals surface area (Å²) in [5, 5.41) is 10.9. The minimum atomic E-state index is -2.25. The van der Waals surface area contributed by atoms with E-state index in [-0.39, 0.29) is 25.1 Å². The van der Waals surface area contributed by atoms with Gasteiger partial charge in [0.15, 0.2) is 0 Å². The molecule has 1 aromatic carbocycles. The number of benzene rings is 1. The standard InChI is InChI=1S/C11H15N3O4/c12-8-4-7-11(13,14(16)17)10(15)18-9-5-2-1-3-6-9/h1-3,5-6H,4,7-8,12-13H2/t11-/m0/s1. The maximum atomic E-state index is 11.8. The summed E-state index contributed by atoms with van der Waals surface area (Å²) in [6, 6.07) is 8.05. The molecule has 0 amide bonds. The lowest BCUT2D eigenvalue weighted by atomic mass is 10.1. The van der Waals surface area contributed by atoms with E-state index < -0.39 is 16.6 Å². The van der Waals surface area contributed by atoms with Crippen LogP contribution in [-0.4, -0.2) is 23.1 Å². The first-order valence-electron chi connectivity index (χ1n) is 5.41. The van der Waals surface area contributed by atoms with E-state index in [1.165, 1.54) is 12.1 Å². The van der Waals surface area contributed by atoms with Gasteiger partial charge in [0, 0.05) is 6.42 Å². The quantitative estimate of drug-likeness (QED) is 0.246. The van der Waals surface area contributed by atoms with Gasteiger partial charge in [0.05, 0.1) is 4.92 Å². The largest absolute Gasteiger partial charge is 0.420 e. The highest BCUT2D eigenvalue weighted by Gasteiger charge is 2.48. The van der Waals surface area contributed by atoms with Crippen LogP contribution in [0.2, 0.25) is 0 Å². The molecule has 0 saturated heterocycles. The molecule has 0 aromatic heterocycles. The number of esters is 1. The molecule has 0 saturated carbocycles. The molecule has 98 valence electrons. The Bertz CT molecular complexity index is 424. The molecule has 0 heterocycles. The Morgan fingerprint density at radius 1 is 1.39 bits per heavy atom. The fourth-order valence-electron chi connectivity index (χ4n) is 1.32. The molecule has 0 aliphatic heterocycles. The third-order valence-electron chi connectivity index (χ3n) is 2.40. The van der Waals surface area contributed by atoms with Crippen molar-refractivity contribution < 1.29 is 14.5 Å². The third-order valence-corrected chi connectivity index (χ3v) is 2.40. The topological polar surface area (TPSA) is 121 Å². The van der Waals surface area contributed by atoms with Crippen molar-refractivity contribution in [2.45, 2.75) is 18.5 Å². The molecule has 7 nitrogen and oxygen atoms in total. The Balaban J connectivity index is 2.80. The van der Waals surface area contributed by atoms with E-state index in [0.717, 1.165) is 0 Å². The lowest BCUT2D eigenvalue weighted by Gasteiger charge is -2.18. The highest BCUT2D eigenvalue weighted by molar-refractivity contribution is 5.80. The van der Waals surface area contributed by atoms with Gasteiger partial charge in [0.25, 0.3) is 0 Å². The summed E-state index contributed by atoms with van der Waals surface area (Å²) in [6.45, 7) is 0.214. The molecular weight excluding hydrogens is 238 g/mol. The average molecular weight is 253 g/mol. The van der Waals surface area contributed by atoms with Gasteiger partial charge in [-0.2, -0.15) is 0 Å². The van der Waals surface area contributed by atoms with Crippen molar-refractivity contribution >= 4 is 5.97 Å². The van der Waals surface area contributed by atoms with Crippen LogP contribution in [0, 0.1) is 10.1 Å². The van der Waals surface area contributed by atoms with E-state index in [9.17, 15) is 14.9 Å². The number of para-hydroxylation sites is 1. The second-order valence-corrected chi connectivity index (χ2v) is 3.78. The summed E-state index contributed by atoms with van der Waals surface area (Å²) in [5.41, 5.74) is 8.49. The van der Waals surface area contributed by atoms with Gasteiger partial charge in [-0.3, -0.25) is 15.8 Å². The normalized spacial score (nSPS) is 13.7. The molecule has 1 atom stereocenters. The minimum Gasteiger partial charge on any atom is -0.420 e. The van der Waals surface area contributed by atoms with Gasteiger partial charge in [-0.05, 0) is 25.1 Å². The molecule has 7 heteroatoms. The number of nitrogens with two attached hydrogens (primary N) is 2. The van der Waals surface area contributed by atoms with Gasteiger partial charge in [0.1, 0.15) is 5.75 Å². The number of ether oxygens (including phenoxy) is 1. The molecule has 0 aliphatic carbocycles. The van der Waals surface area contributed by atoms with Crippen LogP contribution in [0.3, 0.4) is 0 Å². The summed E-state index contributed by atoms with van der Waals surface area (Å²) in [5.74, 6) is -0.876. The van der Waals surface area contributed by atoms with Crippen LogP contribution in [0.4, 0.5) is 0 Å². The van der Waals surface area contributed by atoms with E-state index in [1.807, 2.05) is 0 Å². The molecule has 0 radical (unpaired) electrons. The molecule has 4 N–H and O–H groups in total. The summed E-state index contributed by atoms with van der Waals surface area (Å²) >= 11 is 0. The summed E-state index contributed by atoms with van der Waals surface area (Å²) in [6.07, 6.45) is 0.101. The van der Waals surface area contributed by atoms with E-state index >= 15 is 0 Å². The minimum absolute atomic E-state index is 0.165. The number of carbonyl (C=O) groups is 1. The van der Waals surface area contributed by atoms with Crippen LogP contribution in [0.1, 0.15) is 12.8 Å². The zero-order chi connectivity index (χ0) is 13.6. The second-order valence-electron chi connectivity index (χ2n) is 3.78. The van der Waals surface area contributed by atoms with Gasteiger partial charge in [0.2, 0.25) is 0 Å². The summed E-state index contributed by atoms with van der Waals surface area (Å²) in [4.78, 5) is 21.8. The molecule has 0 spiro atoms. The van der Waals surface area contributed by atoms with Crippen molar-refractivity contribution in [1.29, 1.82) is 0 Å². The third kappa shape index (κ3) is 3.25. The maximum Gasteiger partial charge on any atom is 0.406 e. The van der Waals surface area contributed by atoms with Crippen LogP contribution in [0.25, 0.3) is 0 Å². The zero-order valence-electron chi connectivity index (χ0n) is 9.74. The summed E-state index contributed by atoms with van der Waals surface area (Å²) < 4.78 is 4.89. The maximum absolute atomic E-state index is 11.8. The van der Waals surface area contributed by atoms with Crippen LogP contribution in [-0.2, 0) is 4.79 Å². The highest BCUT2D eigenvalue weighted by atomic mass is 16.6. The molecule has 0 aliphatic rings. The fraction of sp³-hybridized carbons (Fsp3) is 0.364. The fourth-order valence-corrected chi connectivity index (χ4v) is 1.32. The first kappa shape index (κ1) is 14.1. The molecule has 0 fully saturated rings. The van der Waals surface area contributed by atoms with Gasteiger partial charge in [-0.15, -0.1) is 0 Å². The zero-order valence-corrected chi connectivity index (χ0v) is 9.74. The van der Waals surface area contributed by atoms with Crippen LogP contribution in [0.5, 0.6) is 5.75 Å². The number of carbonyl (C=O) groups excluding carboxylic acids is 1. The molecule has 1 aromatic rings. The van der Waals surface area contributed by atoms with Gasteiger partial charge in [-0.25, -0.2) is 4.79 Å². The van der Waals surface area contributed by atoms with Crippen molar-refractivity contribution in [1.82, 2.24) is 0 Å². The van der Waals surface area contributed by atoms with E-state index in [4.69, 9.17) is 16.2 Å². The predicted molar refractivity (Wildman–Crippen MR) is 64.3 cm³/mol. The van der Waals surface area contributed by atoms with Crippen molar-refractivity contribution in [2.75, 3.05) is 6.54 Å². The summed E-state index contributed by atoms with van der Waals surface area (Å²) in [7, 11) is 0. The van der Waals surface area contributed by atoms with Gasteiger partial charge < -0.3 is 10.5 Å². The Hall–Kier alpha value is -1.99. The van der Waals surface area contributed by atoms with Crippen molar-refractivity contribution in [2.24, 2.45) is 11.5 Å². The second kappa shape index (κ2) is 6.08. The predicted octanol–water partition coefficient (Wildman–Crippen LogP) is 0.263. The van der Waals surface area contributed by atoms with Crippen molar-refractivity contribution in [3.63, 3.8) is 0 Å². The van der Waals surface area contributed by atoms with Crippen LogP contribution < -0.4 is 16.2 Å². The highest BCUT2D eigenvalue weighted by Crippen LogP contribution is 2.16. The lowest BCUT2D eigenvalue weighted by Crippen LogP contribution is -2.56. The Labute approximate surface area is 104 Å². The monoisotopic (exact) mass is 253 g/mol. The molecule has 1 rings (SSSR count). The Morgan fingerprint density at radius 2 is 2.00 bits per heavy atom. The number of rotatable bonds is 6. The van der Waals surface area contributed by atoms with Crippen molar-refractivity contribution in [3.05, 3.63) is 40.4 Å². The number of hydrogen-bond donors (Lipinski definition) is 2. The first-order valence-corrected chi connectivity index (χ1v) is 5.41. The Kier molecular flexibility index (Phi) is 4.75. The molecule has 0 bridgehead atoms. The number of nitrogens with zero attached hydrogens (tertiary/aromatic N) is 1. The average Bonchev–Trinajstić information content (AvgIpc) is 2.36. The smallest absolute Gasteiger partial charge is 0.406 e. The molecule has 0 unspecified atom stereocenters. The molecule has 18 heavy (non-hydrogen) atoms. The number of nitro groups is 1. The van der Waals surface area contributed by atoms with Gasteiger partial charge in [-0.1, -0.05) is 18.2 Å². The van der Waals surface area contributed by atoms with Crippen LogP contribution >= 0.6 is 0 Å². The lowest BCUT2D eigenvalue weighted by molar-refractivity contribution is -0.555. The van der Waals surface area contributed by atoms with Crippen LogP contribution in [0.15, 0.2) is 30.3 Å².